The van der Waals surface area contributed by atoms with Gasteiger partial charge in [0.05, 0.1) is 22.5 Å². The summed E-state index contributed by atoms with van der Waals surface area (Å²) in [6, 6.07) is 17.2. The summed E-state index contributed by atoms with van der Waals surface area (Å²) < 4.78 is 6.56. The molecule has 4 aromatic rings. The normalized spacial score (nSPS) is 12.9. The summed E-state index contributed by atoms with van der Waals surface area (Å²) in [5, 5.41) is 21.0. The first kappa shape index (κ1) is 19.9. The highest BCUT2D eigenvalue weighted by Crippen LogP contribution is 2.32. The predicted molar refractivity (Wildman–Crippen MR) is 113 cm³/mol. The topological polar surface area (TPSA) is 105 Å². The number of pyridine rings is 1. The fourth-order valence-corrected chi connectivity index (χ4v) is 3.98. The lowest BCUT2D eigenvalue weighted by Crippen LogP contribution is -2.27. The molecule has 1 unspecified atom stereocenters. The molecule has 150 valence electrons. The highest BCUT2D eigenvalue weighted by Gasteiger charge is 2.34. The summed E-state index contributed by atoms with van der Waals surface area (Å²) in [5.41, 5.74) is 0.499. The summed E-state index contributed by atoms with van der Waals surface area (Å²) in [4.78, 5) is 17.2. The van der Waals surface area contributed by atoms with Crippen molar-refractivity contribution in [1.29, 1.82) is 5.26 Å². The van der Waals surface area contributed by atoms with E-state index in [1.807, 2.05) is 48.5 Å². The van der Waals surface area contributed by atoms with Gasteiger partial charge in [-0.2, -0.15) is 5.26 Å². The third-order valence-corrected chi connectivity index (χ3v) is 5.68. The van der Waals surface area contributed by atoms with Crippen LogP contribution in [0.1, 0.15) is 22.8 Å². The summed E-state index contributed by atoms with van der Waals surface area (Å²) in [5.74, 6) is 0. The van der Waals surface area contributed by atoms with Gasteiger partial charge in [0.15, 0.2) is 0 Å². The standard InChI is InChI=1S/C22H19N5O2S/c23-15-22(28,20-27-18-8-1-2-9-19(18)30-20)14-17-10-12-25-21(26-17)29-13-5-7-16-6-3-4-11-24-16/h1-4,6,8-12,28H,5,7,13-14H2. The number of benzene rings is 1. The monoisotopic (exact) mass is 417 g/mol. The number of nitrogens with zero attached hydrogens (tertiary/aromatic N) is 5. The molecule has 4 rings (SSSR count). The van der Waals surface area contributed by atoms with Crippen LogP contribution in [0.4, 0.5) is 0 Å². The minimum atomic E-state index is -1.77. The lowest BCUT2D eigenvalue weighted by atomic mass is 10.0. The van der Waals surface area contributed by atoms with E-state index < -0.39 is 5.60 Å². The Hall–Kier alpha value is -3.41. The molecular weight excluding hydrogens is 398 g/mol. The van der Waals surface area contributed by atoms with Gasteiger partial charge in [-0.1, -0.05) is 18.2 Å². The van der Waals surface area contributed by atoms with E-state index in [2.05, 4.69) is 19.9 Å². The number of para-hydroxylation sites is 1. The molecular formula is C22H19N5O2S. The zero-order valence-corrected chi connectivity index (χ0v) is 16.9. The highest BCUT2D eigenvalue weighted by molar-refractivity contribution is 7.18. The molecule has 1 aromatic carbocycles. The molecule has 3 heterocycles. The van der Waals surface area contributed by atoms with E-state index in [0.29, 0.717) is 17.3 Å². The Balaban J connectivity index is 1.41. The molecule has 0 aliphatic carbocycles. The highest BCUT2D eigenvalue weighted by atomic mass is 32.1. The van der Waals surface area contributed by atoms with Crippen LogP contribution in [0.15, 0.2) is 60.9 Å². The number of rotatable bonds is 8. The van der Waals surface area contributed by atoms with Crippen molar-refractivity contribution in [3.05, 3.63) is 77.3 Å². The van der Waals surface area contributed by atoms with Crippen molar-refractivity contribution in [3.8, 4) is 12.1 Å². The van der Waals surface area contributed by atoms with E-state index in [1.165, 1.54) is 11.3 Å². The van der Waals surface area contributed by atoms with Crippen molar-refractivity contribution < 1.29 is 9.84 Å². The molecule has 30 heavy (non-hydrogen) atoms. The molecule has 1 N–H and O–H groups in total. The Kier molecular flexibility index (Phi) is 5.93. The first-order valence-electron chi connectivity index (χ1n) is 9.50. The SMILES string of the molecule is N#CC(O)(Cc1ccnc(OCCCc2ccccn2)n1)c1nc2ccccc2s1. The average Bonchev–Trinajstić information content (AvgIpc) is 3.23. The number of aromatic nitrogens is 4. The fraction of sp³-hybridized carbons (Fsp3) is 0.227. The average molecular weight is 417 g/mol. The summed E-state index contributed by atoms with van der Waals surface area (Å²) in [6.07, 6.45) is 4.90. The van der Waals surface area contributed by atoms with Crippen molar-refractivity contribution in [1.82, 2.24) is 19.9 Å². The van der Waals surface area contributed by atoms with Gasteiger partial charge in [0.25, 0.3) is 0 Å². The van der Waals surface area contributed by atoms with E-state index in [0.717, 1.165) is 28.8 Å². The second kappa shape index (κ2) is 8.95. The van der Waals surface area contributed by atoms with Crippen LogP contribution in [0.25, 0.3) is 10.2 Å². The van der Waals surface area contributed by atoms with E-state index in [-0.39, 0.29) is 12.4 Å². The van der Waals surface area contributed by atoms with Gasteiger partial charge in [-0.05, 0) is 43.2 Å². The first-order chi connectivity index (χ1) is 14.7. The van der Waals surface area contributed by atoms with Crippen LogP contribution < -0.4 is 4.74 Å². The number of fused-ring (bicyclic) bond motifs is 1. The number of hydrogen-bond acceptors (Lipinski definition) is 8. The van der Waals surface area contributed by atoms with Crippen LogP contribution in [0.3, 0.4) is 0 Å². The van der Waals surface area contributed by atoms with Crippen LogP contribution in [0.2, 0.25) is 0 Å². The summed E-state index contributed by atoms with van der Waals surface area (Å²) >= 11 is 1.30. The lowest BCUT2D eigenvalue weighted by molar-refractivity contribution is 0.0966. The van der Waals surface area contributed by atoms with Crippen LogP contribution in [0.5, 0.6) is 6.01 Å². The zero-order chi connectivity index (χ0) is 20.8. The van der Waals surface area contributed by atoms with E-state index in [1.54, 1.807) is 18.5 Å². The van der Waals surface area contributed by atoms with Crippen molar-refractivity contribution in [2.75, 3.05) is 6.61 Å². The molecule has 0 saturated heterocycles. The number of aliphatic hydroxyl groups is 1. The van der Waals surface area contributed by atoms with Gasteiger partial charge in [-0.3, -0.25) is 4.98 Å². The van der Waals surface area contributed by atoms with Crippen LogP contribution >= 0.6 is 11.3 Å². The molecule has 1 atom stereocenters. The number of hydrogen-bond donors (Lipinski definition) is 1. The van der Waals surface area contributed by atoms with Crippen molar-refractivity contribution in [3.63, 3.8) is 0 Å². The van der Waals surface area contributed by atoms with Crippen molar-refractivity contribution in [2.24, 2.45) is 0 Å². The molecule has 8 heteroatoms. The summed E-state index contributed by atoms with van der Waals surface area (Å²) in [6.45, 7) is 0.445. The number of thiazole rings is 1. The summed E-state index contributed by atoms with van der Waals surface area (Å²) in [7, 11) is 0. The van der Waals surface area contributed by atoms with Gasteiger partial charge < -0.3 is 9.84 Å². The van der Waals surface area contributed by atoms with Gasteiger partial charge in [0.1, 0.15) is 11.1 Å². The Morgan fingerprint density at radius 3 is 2.67 bits per heavy atom. The fourth-order valence-electron chi connectivity index (χ4n) is 2.98. The predicted octanol–water partition coefficient (Wildman–Crippen LogP) is 3.45. The van der Waals surface area contributed by atoms with E-state index in [4.69, 9.17) is 4.74 Å². The zero-order valence-electron chi connectivity index (χ0n) is 16.1. The minimum Gasteiger partial charge on any atom is -0.463 e. The molecule has 0 amide bonds. The van der Waals surface area contributed by atoms with Crippen molar-refractivity contribution >= 4 is 21.6 Å². The smallest absolute Gasteiger partial charge is 0.316 e. The number of nitriles is 1. The van der Waals surface area contributed by atoms with Crippen LogP contribution in [-0.2, 0) is 18.4 Å². The Morgan fingerprint density at radius 2 is 1.87 bits per heavy atom. The van der Waals surface area contributed by atoms with Gasteiger partial charge in [-0.25, -0.2) is 15.0 Å². The van der Waals surface area contributed by atoms with Crippen LogP contribution in [-0.4, -0.2) is 31.6 Å². The van der Waals surface area contributed by atoms with Gasteiger partial charge >= 0.3 is 6.01 Å². The maximum Gasteiger partial charge on any atom is 0.316 e. The maximum atomic E-state index is 11.0. The molecule has 0 aliphatic rings. The third kappa shape index (κ3) is 4.59. The van der Waals surface area contributed by atoms with E-state index >= 15 is 0 Å². The molecule has 0 bridgehead atoms. The second-order valence-corrected chi connectivity index (χ2v) is 7.77. The van der Waals surface area contributed by atoms with Crippen molar-refractivity contribution in [2.45, 2.75) is 24.9 Å². The van der Waals surface area contributed by atoms with Gasteiger partial charge in [-0.15, -0.1) is 11.3 Å². The Bertz CT molecular complexity index is 1140. The number of ether oxygens (including phenoxy) is 1. The largest absolute Gasteiger partial charge is 0.463 e. The molecule has 0 fully saturated rings. The quantitative estimate of drug-likeness (QED) is 0.346. The molecule has 0 radical (unpaired) electrons. The first-order valence-corrected chi connectivity index (χ1v) is 10.3. The second-order valence-electron chi connectivity index (χ2n) is 6.74. The van der Waals surface area contributed by atoms with E-state index in [9.17, 15) is 10.4 Å². The molecule has 3 aromatic heterocycles. The molecule has 0 spiro atoms. The van der Waals surface area contributed by atoms with Crippen LogP contribution in [0, 0.1) is 11.3 Å². The minimum absolute atomic E-state index is 0.00383. The number of aryl methyl sites for hydroxylation is 1. The van der Waals surface area contributed by atoms with Gasteiger partial charge in [0.2, 0.25) is 5.60 Å². The Morgan fingerprint density at radius 1 is 1.00 bits per heavy atom. The molecule has 7 nitrogen and oxygen atoms in total. The molecule has 0 saturated carbocycles. The maximum absolute atomic E-state index is 11.0. The molecule has 0 aliphatic heterocycles. The third-order valence-electron chi connectivity index (χ3n) is 4.50. The lowest BCUT2D eigenvalue weighted by Gasteiger charge is -2.17. The van der Waals surface area contributed by atoms with Gasteiger partial charge in [0, 0.05) is 24.5 Å². The Labute approximate surface area is 177 Å².